The topological polar surface area (TPSA) is 38.3 Å². The maximum atomic E-state index is 13.6. The van der Waals surface area contributed by atoms with Crippen LogP contribution in [-0.4, -0.2) is 5.91 Å². The van der Waals surface area contributed by atoms with Crippen LogP contribution in [0.2, 0.25) is 0 Å². The van der Waals surface area contributed by atoms with Crippen molar-refractivity contribution < 1.29 is 13.9 Å². The fourth-order valence-corrected chi connectivity index (χ4v) is 2.84. The Labute approximate surface area is 114 Å². The summed E-state index contributed by atoms with van der Waals surface area (Å²) in [5, 5.41) is 2.84. The van der Waals surface area contributed by atoms with Crippen molar-refractivity contribution in [3.8, 4) is 0 Å². The number of hydrogen-bond acceptors (Lipinski definition) is 2. The molecule has 2 aromatic rings. The Hall–Kier alpha value is -2.62. The van der Waals surface area contributed by atoms with Gasteiger partial charge in [0.05, 0.1) is 6.26 Å². The molecule has 20 heavy (non-hydrogen) atoms. The molecule has 1 spiro atoms. The van der Waals surface area contributed by atoms with Crippen molar-refractivity contribution in [3.63, 3.8) is 0 Å². The van der Waals surface area contributed by atoms with Crippen molar-refractivity contribution in [3.05, 3.63) is 76.8 Å². The second kappa shape index (κ2) is 3.70. The molecule has 2 aromatic carbocycles. The summed E-state index contributed by atoms with van der Waals surface area (Å²) in [6.45, 7) is 0. The van der Waals surface area contributed by atoms with Gasteiger partial charge in [0.2, 0.25) is 5.72 Å². The van der Waals surface area contributed by atoms with E-state index in [2.05, 4.69) is 5.32 Å². The number of halogens is 1. The fraction of sp³-hybridized carbons (Fsp3) is 0.0625. The van der Waals surface area contributed by atoms with Gasteiger partial charge in [0.25, 0.3) is 5.91 Å². The number of nitrogens with one attached hydrogen (secondary N) is 1. The Morgan fingerprint density at radius 1 is 1.10 bits per heavy atom. The first-order valence-electron chi connectivity index (χ1n) is 6.27. The van der Waals surface area contributed by atoms with Gasteiger partial charge in [-0.25, -0.2) is 4.39 Å². The number of fused-ring (bicyclic) bond motifs is 4. The number of hydrogen-bond donors (Lipinski definition) is 1. The molecule has 0 saturated heterocycles. The van der Waals surface area contributed by atoms with Gasteiger partial charge in [0.15, 0.2) is 0 Å². The fourth-order valence-electron chi connectivity index (χ4n) is 2.84. The lowest BCUT2D eigenvalue weighted by Crippen LogP contribution is -2.43. The highest BCUT2D eigenvalue weighted by molar-refractivity contribution is 6.00. The minimum atomic E-state index is -1.13. The lowest BCUT2D eigenvalue weighted by molar-refractivity contribution is 0.0304. The van der Waals surface area contributed by atoms with Gasteiger partial charge in [-0.1, -0.05) is 24.3 Å². The van der Waals surface area contributed by atoms with E-state index < -0.39 is 5.72 Å². The van der Waals surface area contributed by atoms with E-state index in [0.29, 0.717) is 16.7 Å². The van der Waals surface area contributed by atoms with Crippen molar-refractivity contribution in [1.29, 1.82) is 0 Å². The first kappa shape index (κ1) is 11.2. The molecule has 98 valence electrons. The van der Waals surface area contributed by atoms with Crippen molar-refractivity contribution in [2.75, 3.05) is 0 Å². The van der Waals surface area contributed by atoms with E-state index in [-0.39, 0.29) is 11.7 Å². The Balaban J connectivity index is 2.03. The maximum absolute atomic E-state index is 13.6. The summed E-state index contributed by atoms with van der Waals surface area (Å²) in [6.07, 6.45) is 3.29. The molecule has 1 atom stereocenters. The molecule has 4 rings (SSSR count). The largest absolute Gasteiger partial charge is 0.467 e. The molecule has 0 radical (unpaired) electrons. The molecule has 0 aromatic heterocycles. The summed E-state index contributed by atoms with van der Waals surface area (Å²) < 4.78 is 19.3. The Morgan fingerprint density at radius 3 is 2.85 bits per heavy atom. The number of carbonyl (C=O) groups is 1. The van der Waals surface area contributed by atoms with E-state index in [0.717, 1.165) is 5.56 Å². The van der Waals surface area contributed by atoms with Gasteiger partial charge in [-0.15, -0.1) is 0 Å². The molecule has 2 aliphatic heterocycles. The van der Waals surface area contributed by atoms with Crippen LogP contribution in [0.4, 0.5) is 4.39 Å². The van der Waals surface area contributed by atoms with Crippen LogP contribution in [0.3, 0.4) is 0 Å². The Bertz CT molecular complexity index is 769. The van der Waals surface area contributed by atoms with Gasteiger partial charge in [-0.05, 0) is 29.8 Å². The van der Waals surface area contributed by atoms with E-state index >= 15 is 0 Å². The molecular formula is C16H10FNO2. The average Bonchev–Trinajstić information content (AvgIpc) is 2.74. The quantitative estimate of drug-likeness (QED) is 0.797. The van der Waals surface area contributed by atoms with Crippen LogP contribution in [0.25, 0.3) is 6.08 Å². The van der Waals surface area contributed by atoms with E-state index in [1.54, 1.807) is 24.3 Å². The van der Waals surface area contributed by atoms with Crippen LogP contribution in [-0.2, 0) is 10.5 Å². The number of ether oxygens (including phenoxy) is 1. The number of amides is 1. The molecular weight excluding hydrogens is 257 g/mol. The maximum Gasteiger partial charge on any atom is 0.255 e. The average molecular weight is 267 g/mol. The highest BCUT2D eigenvalue weighted by Gasteiger charge is 2.48. The molecule has 1 N–H and O–H groups in total. The Morgan fingerprint density at radius 2 is 1.95 bits per heavy atom. The predicted octanol–water partition coefficient (Wildman–Crippen LogP) is 2.77. The zero-order valence-electron chi connectivity index (χ0n) is 10.4. The molecule has 0 fully saturated rings. The smallest absolute Gasteiger partial charge is 0.255 e. The molecule has 1 unspecified atom stereocenters. The number of carbonyl (C=O) groups excluding carboxylic acids is 1. The van der Waals surface area contributed by atoms with Crippen LogP contribution in [0, 0.1) is 5.82 Å². The molecule has 0 bridgehead atoms. The predicted molar refractivity (Wildman–Crippen MR) is 71.2 cm³/mol. The van der Waals surface area contributed by atoms with Crippen molar-refractivity contribution in [1.82, 2.24) is 5.32 Å². The Kier molecular flexibility index (Phi) is 2.07. The van der Waals surface area contributed by atoms with Crippen LogP contribution < -0.4 is 5.32 Å². The third-order valence-corrected chi connectivity index (χ3v) is 3.73. The zero-order chi connectivity index (χ0) is 13.7. The van der Waals surface area contributed by atoms with E-state index in [1.807, 2.05) is 12.1 Å². The summed E-state index contributed by atoms with van der Waals surface area (Å²) in [5.41, 5.74) is 1.58. The van der Waals surface area contributed by atoms with Gasteiger partial charge < -0.3 is 10.1 Å². The van der Waals surface area contributed by atoms with E-state index in [1.165, 1.54) is 18.4 Å². The lowest BCUT2D eigenvalue weighted by Gasteiger charge is -2.33. The lowest BCUT2D eigenvalue weighted by atomic mass is 9.89. The van der Waals surface area contributed by atoms with Crippen molar-refractivity contribution >= 4 is 12.0 Å². The van der Waals surface area contributed by atoms with Gasteiger partial charge >= 0.3 is 0 Å². The van der Waals surface area contributed by atoms with Gasteiger partial charge in [-0.2, -0.15) is 0 Å². The zero-order valence-corrected chi connectivity index (χ0v) is 10.4. The van der Waals surface area contributed by atoms with Gasteiger partial charge in [0.1, 0.15) is 5.82 Å². The highest BCUT2D eigenvalue weighted by Crippen LogP contribution is 2.42. The molecule has 4 heteroatoms. The minimum absolute atomic E-state index is 0.217. The molecule has 3 nitrogen and oxygen atoms in total. The summed E-state index contributed by atoms with van der Waals surface area (Å²) in [5.74, 6) is -0.577. The summed E-state index contributed by atoms with van der Waals surface area (Å²) >= 11 is 0. The van der Waals surface area contributed by atoms with Gasteiger partial charge in [0, 0.05) is 16.7 Å². The molecule has 2 aliphatic rings. The highest BCUT2D eigenvalue weighted by atomic mass is 19.1. The first-order valence-corrected chi connectivity index (χ1v) is 6.27. The minimum Gasteiger partial charge on any atom is -0.467 e. The number of rotatable bonds is 0. The monoisotopic (exact) mass is 267 g/mol. The molecule has 0 saturated carbocycles. The first-order chi connectivity index (χ1) is 9.71. The molecule has 1 amide bonds. The van der Waals surface area contributed by atoms with Crippen molar-refractivity contribution in [2.45, 2.75) is 5.72 Å². The van der Waals surface area contributed by atoms with Crippen LogP contribution in [0.1, 0.15) is 27.0 Å². The van der Waals surface area contributed by atoms with E-state index in [4.69, 9.17) is 4.74 Å². The normalized spacial score (nSPS) is 22.1. The van der Waals surface area contributed by atoms with Crippen LogP contribution >= 0.6 is 0 Å². The van der Waals surface area contributed by atoms with Crippen LogP contribution in [0.15, 0.2) is 48.7 Å². The summed E-state index contributed by atoms with van der Waals surface area (Å²) in [6, 6.07) is 11.7. The van der Waals surface area contributed by atoms with E-state index in [9.17, 15) is 9.18 Å². The summed E-state index contributed by atoms with van der Waals surface area (Å²) in [7, 11) is 0. The second-order valence-electron chi connectivity index (χ2n) is 4.83. The van der Waals surface area contributed by atoms with Crippen molar-refractivity contribution in [2.24, 2.45) is 0 Å². The molecule has 2 heterocycles. The standard InChI is InChI=1S/C16H10FNO2/c17-11-6-5-10-7-8-20-16(14(10)9-11)13-4-2-1-3-12(13)15(19)18-16/h1-9H,(H,18,19). The number of benzene rings is 2. The third-order valence-electron chi connectivity index (χ3n) is 3.73. The molecule has 0 aliphatic carbocycles. The SMILES string of the molecule is O=C1NC2(OC=Cc3ccc(F)cc32)c2ccccc21. The second-order valence-corrected chi connectivity index (χ2v) is 4.83. The van der Waals surface area contributed by atoms with Crippen LogP contribution in [0.5, 0.6) is 0 Å². The van der Waals surface area contributed by atoms with Gasteiger partial charge in [-0.3, -0.25) is 4.79 Å². The third kappa shape index (κ3) is 1.30. The summed E-state index contributed by atoms with van der Waals surface area (Å²) in [4.78, 5) is 12.1.